The van der Waals surface area contributed by atoms with Crippen molar-refractivity contribution in [2.24, 2.45) is 5.73 Å². The van der Waals surface area contributed by atoms with Gasteiger partial charge in [-0.15, -0.1) is 0 Å². The Kier molecular flexibility index (Phi) is 4.08. The monoisotopic (exact) mass is 346 g/mol. The van der Waals surface area contributed by atoms with E-state index >= 15 is 0 Å². The average Bonchev–Trinajstić information content (AvgIpc) is 2.88. The second kappa shape index (κ2) is 6.00. The van der Waals surface area contributed by atoms with Crippen molar-refractivity contribution in [1.29, 1.82) is 0 Å². The summed E-state index contributed by atoms with van der Waals surface area (Å²) in [5.41, 5.74) is 9.22. The third-order valence-corrected chi connectivity index (χ3v) is 4.23. The highest BCUT2D eigenvalue weighted by Crippen LogP contribution is 2.23. The molecule has 0 aliphatic heterocycles. The summed E-state index contributed by atoms with van der Waals surface area (Å²) in [6.07, 6.45) is 2.93. The molecule has 0 fully saturated rings. The summed E-state index contributed by atoms with van der Waals surface area (Å²) in [6, 6.07) is 13.5. The van der Waals surface area contributed by atoms with Crippen LogP contribution in [-0.4, -0.2) is 11.1 Å². The number of hydrogen-bond acceptors (Lipinski definition) is 1. The van der Waals surface area contributed by atoms with Gasteiger partial charge in [-0.3, -0.25) is 0 Å². The minimum atomic E-state index is -0.236. The summed E-state index contributed by atoms with van der Waals surface area (Å²) >= 11 is 3.24. The smallest absolute Gasteiger partial charge is 0.137 e. The molecule has 21 heavy (non-hydrogen) atoms. The van der Waals surface area contributed by atoms with Gasteiger partial charge in [-0.2, -0.15) is 0 Å². The molecule has 2 nitrogen and oxygen atoms in total. The van der Waals surface area contributed by atoms with Gasteiger partial charge in [-0.25, -0.2) is 4.39 Å². The zero-order chi connectivity index (χ0) is 14.8. The van der Waals surface area contributed by atoms with Crippen LogP contribution in [0.4, 0.5) is 4.39 Å². The molecule has 0 amide bonds. The zero-order valence-electron chi connectivity index (χ0n) is 11.5. The lowest BCUT2D eigenvalue weighted by atomic mass is 10.1. The van der Waals surface area contributed by atoms with Crippen LogP contribution in [0.25, 0.3) is 10.9 Å². The van der Waals surface area contributed by atoms with E-state index in [0.29, 0.717) is 17.6 Å². The molecular formula is C17H16BrFN2. The number of nitrogens with two attached hydrogens (primary N) is 1. The minimum absolute atomic E-state index is 0.236. The van der Waals surface area contributed by atoms with Gasteiger partial charge in [0.2, 0.25) is 0 Å². The number of benzene rings is 2. The zero-order valence-corrected chi connectivity index (χ0v) is 13.1. The highest BCUT2D eigenvalue weighted by atomic mass is 79.9. The van der Waals surface area contributed by atoms with Crippen molar-refractivity contribution < 1.29 is 4.39 Å². The van der Waals surface area contributed by atoms with Gasteiger partial charge < -0.3 is 10.3 Å². The van der Waals surface area contributed by atoms with Crippen LogP contribution in [0.15, 0.2) is 53.1 Å². The summed E-state index contributed by atoms with van der Waals surface area (Å²) in [7, 11) is 0. The summed E-state index contributed by atoms with van der Waals surface area (Å²) in [5.74, 6) is -0.236. The number of halogens is 2. The van der Waals surface area contributed by atoms with E-state index in [2.05, 4.69) is 51.0 Å². The number of aromatic nitrogens is 1. The fourth-order valence-corrected chi connectivity index (χ4v) is 3.09. The number of rotatable bonds is 4. The molecule has 3 rings (SSSR count). The summed E-state index contributed by atoms with van der Waals surface area (Å²) in [4.78, 5) is 0. The van der Waals surface area contributed by atoms with Crippen LogP contribution in [-0.2, 0) is 13.0 Å². The lowest BCUT2D eigenvalue weighted by molar-refractivity contribution is 0.619. The Labute approximate surface area is 131 Å². The van der Waals surface area contributed by atoms with Crippen molar-refractivity contribution in [2.75, 3.05) is 6.54 Å². The Bertz CT molecular complexity index is 780. The van der Waals surface area contributed by atoms with Crippen LogP contribution < -0.4 is 5.73 Å². The molecule has 0 saturated heterocycles. The van der Waals surface area contributed by atoms with E-state index < -0.39 is 0 Å². The maximum atomic E-state index is 13.3. The lowest BCUT2D eigenvalue weighted by Gasteiger charge is -2.10. The predicted molar refractivity (Wildman–Crippen MR) is 87.9 cm³/mol. The van der Waals surface area contributed by atoms with Gasteiger partial charge in [0.25, 0.3) is 0 Å². The number of nitrogens with zero attached hydrogens (tertiary/aromatic N) is 1. The van der Waals surface area contributed by atoms with Crippen molar-refractivity contribution in [1.82, 2.24) is 4.57 Å². The van der Waals surface area contributed by atoms with Crippen LogP contribution in [0.3, 0.4) is 0 Å². The molecule has 1 heterocycles. The second-order valence-electron chi connectivity index (χ2n) is 5.09. The quantitative estimate of drug-likeness (QED) is 0.757. The van der Waals surface area contributed by atoms with E-state index in [4.69, 9.17) is 5.73 Å². The second-order valence-corrected chi connectivity index (χ2v) is 5.94. The van der Waals surface area contributed by atoms with E-state index in [0.717, 1.165) is 12.0 Å². The Morgan fingerprint density at radius 1 is 1.14 bits per heavy atom. The average molecular weight is 347 g/mol. The first kappa shape index (κ1) is 14.3. The molecule has 4 heteroatoms. The molecule has 0 spiro atoms. The lowest BCUT2D eigenvalue weighted by Crippen LogP contribution is -2.06. The molecule has 3 aromatic rings. The molecule has 1 aromatic heterocycles. The van der Waals surface area contributed by atoms with Crippen LogP contribution in [0.2, 0.25) is 0 Å². The molecule has 0 saturated carbocycles. The molecule has 0 unspecified atom stereocenters. The number of hydrogen-bond donors (Lipinski definition) is 1. The van der Waals surface area contributed by atoms with Crippen molar-refractivity contribution >= 4 is 26.8 Å². The van der Waals surface area contributed by atoms with Gasteiger partial charge in [0.15, 0.2) is 0 Å². The third-order valence-electron chi connectivity index (χ3n) is 3.62. The molecular weight excluding hydrogens is 331 g/mol. The van der Waals surface area contributed by atoms with Gasteiger partial charge in [0.1, 0.15) is 5.82 Å². The van der Waals surface area contributed by atoms with Crippen LogP contribution in [0.5, 0.6) is 0 Å². The normalized spacial score (nSPS) is 11.2. The third kappa shape index (κ3) is 2.87. The molecule has 2 N–H and O–H groups in total. The van der Waals surface area contributed by atoms with Crippen molar-refractivity contribution in [3.05, 3.63) is 70.1 Å². The largest absolute Gasteiger partial charge is 0.343 e. The summed E-state index contributed by atoms with van der Waals surface area (Å²) < 4.78 is 16.0. The standard InChI is InChI=1S/C17H16BrFN2/c18-15-10-12(4-5-16(15)19)11-21-9-7-14-3-1-2-13(6-8-20)17(14)21/h1-5,7,9-10H,6,8,11,20H2. The van der Waals surface area contributed by atoms with E-state index in [-0.39, 0.29) is 5.82 Å². The summed E-state index contributed by atoms with van der Waals surface area (Å²) in [6.45, 7) is 1.34. The Balaban J connectivity index is 2.02. The van der Waals surface area contributed by atoms with Gasteiger partial charge in [-0.1, -0.05) is 24.3 Å². The first-order valence-electron chi connectivity index (χ1n) is 6.90. The molecule has 0 radical (unpaired) electrons. The number of fused-ring (bicyclic) bond motifs is 1. The first-order chi connectivity index (χ1) is 10.2. The Morgan fingerprint density at radius 2 is 2.00 bits per heavy atom. The van der Waals surface area contributed by atoms with Crippen LogP contribution >= 0.6 is 15.9 Å². The summed E-state index contributed by atoms with van der Waals surface area (Å²) in [5, 5.41) is 1.21. The van der Waals surface area contributed by atoms with Crippen molar-refractivity contribution in [3.63, 3.8) is 0 Å². The molecule has 2 aromatic carbocycles. The van der Waals surface area contributed by atoms with Crippen molar-refractivity contribution in [3.8, 4) is 0 Å². The fourth-order valence-electron chi connectivity index (χ4n) is 2.66. The SMILES string of the molecule is NCCc1cccc2ccn(Cc3ccc(F)c(Br)c3)c12. The van der Waals surface area contributed by atoms with Gasteiger partial charge in [0.05, 0.1) is 9.99 Å². The maximum Gasteiger partial charge on any atom is 0.137 e. The van der Waals surface area contributed by atoms with E-state index in [1.807, 2.05) is 12.1 Å². The molecule has 0 aliphatic carbocycles. The van der Waals surface area contributed by atoms with Crippen LogP contribution in [0.1, 0.15) is 11.1 Å². The Hall–Kier alpha value is -1.65. The minimum Gasteiger partial charge on any atom is -0.343 e. The van der Waals surface area contributed by atoms with E-state index in [1.54, 1.807) is 0 Å². The van der Waals surface area contributed by atoms with E-state index in [1.165, 1.54) is 22.5 Å². The Morgan fingerprint density at radius 3 is 2.76 bits per heavy atom. The van der Waals surface area contributed by atoms with Gasteiger partial charge >= 0.3 is 0 Å². The molecule has 108 valence electrons. The van der Waals surface area contributed by atoms with Crippen LogP contribution in [0, 0.1) is 5.82 Å². The topological polar surface area (TPSA) is 30.9 Å². The van der Waals surface area contributed by atoms with Crippen molar-refractivity contribution in [2.45, 2.75) is 13.0 Å². The van der Waals surface area contributed by atoms with E-state index in [9.17, 15) is 4.39 Å². The molecule has 0 atom stereocenters. The molecule has 0 aliphatic rings. The predicted octanol–water partition coefficient (Wildman–Crippen LogP) is 4.09. The maximum absolute atomic E-state index is 13.3. The first-order valence-corrected chi connectivity index (χ1v) is 7.69. The van der Waals surface area contributed by atoms with Gasteiger partial charge in [0, 0.05) is 12.7 Å². The fraction of sp³-hybridized carbons (Fsp3) is 0.176. The highest BCUT2D eigenvalue weighted by molar-refractivity contribution is 9.10. The van der Waals surface area contributed by atoms with Gasteiger partial charge in [-0.05, 0) is 63.6 Å². The highest BCUT2D eigenvalue weighted by Gasteiger charge is 2.08. The number of para-hydroxylation sites is 1. The molecule has 0 bridgehead atoms.